The molecule has 2 atom stereocenters. The van der Waals surface area contributed by atoms with Crippen molar-refractivity contribution in [2.24, 2.45) is 11.8 Å². The predicted octanol–water partition coefficient (Wildman–Crippen LogP) is 14.3. The van der Waals surface area contributed by atoms with E-state index in [2.05, 4.69) is 13.8 Å². The van der Waals surface area contributed by atoms with Crippen LogP contribution in [0.5, 0.6) is 0 Å². The summed E-state index contributed by atoms with van der Waals surface area (Å²) >= 11 is 0. The van der Waals surface area contributed by atoms with Crippen molar-refractivity contribution in [2.75, 3.05) is 0 Å². The number of unbranched alkanes of at least 4 members (excludes halogenated alkanes) is 20. The van der Waals surface area contributed by atoms with Gasteiger partial charge in [0.2, 0.25) is 0 Å². The molecule has 1 heteroatoms. The van der Waals surface area contributed by atoms with Crippen molar-refractivity contribution in [3.8, 4) is 0 Å². The first kappa shape index (κ1) is 37.1. The molecule has 2 aliphatic carbocycles. The predicted molar refractivity (Wildman–Crippen MR) is 184 cm³/mol. The molecule has 0 saturated heterocycles. The van der Waals surface area contributed by atoms with E-state index in [9.17, 15) is 0 Å². The van der Waals surface area contributed by atoms with Gasteiger partial charge in [-0.2, -0.15) is 0 Å². The second-order valence-electron chi connectivity index (χ2n) is 14.8. The fourth-order valence-corrected chi connectivity index (χ4v) is 6.97. The van der Waals surface area contributed by atoms with E-state index in [4.69, 9.17) is 4.74 Å². The van der Waals surface area contributed by atoms with Gasteiger partial charge in [-0.05, 0) is 37.5 Å². The lowest BCUT2D eigenvalue weighted by Crippen LogP contribution is -2.23. The van der Waals surface area contributed by atoms with E-state index >= 15 is 0 Å². The molecule has 41 heavy (non-hydrogen) atoms. The Labute approximate surface area is 260 Å². The van der Waals surface area contributed by atoms with Crippen LogP contribution in [0.15, 0.2) is 0 Å². The molecule has 1 nitrogen and oxygen atoms in total. The van der Waals surface area contributed by atoms with E-state index in [1.807, 2.05) is 0 Å². The Morgan fingerprint density at radius 2 is 0.634 bits per heavy atom. The third-order valence-corrected chi connectivity index (χ3v) is 10.3. The molecule has 2 saturated carbocycles. The maximum atomic E-state index is 7.06. The van der Waals surface area contributed by atoms with Crippen molar-refractivity contribution in [1.82, 2.24) is 0 Å². The monoisotopic (exact) mass is 575 g/mol. The van der Waals surface area contributed by atoms with E-state index in [1.54, 1.807) is 0 Å². The fourth-order valence-electron chi connectivity index (χ4n) is 6.97. The molecule has 2 unspecified atom stereocenters. The minimum Gasteiger partial charge on any atom is -0.375 e. The molecule has 0 radical (unpaired) electrons. The number of hydrogen-bond donors (Lipinski definition) is 0. The Morgan fingerprint density at radius 1 is 0.366 bits per heavy atom. The molecule has 0 amide bonds. The molecule has 0 heterocycles. The highest BCUT2D eigenvalue weighted by Crippen LogP contribution is 2.35. The van der Waals surface area contributed by atoms with Crippen molar-refractivity contribution in [1.29, 1.82) is 0 Å². The lowest BCUT2D eigenvalue weighted by Gasteiger charge is -2.26. The summed E-state index contributed by atoms with van der Waals surface area (Å²) in [4.78, 5) is 0. The van der Waals surface area contributed by atoms with Gasteiger partial charge in [0, 0.05) is 0 Å². The average Bonchev–Trinajstić information content (AvgIpc) is 3.91. The molecule has 0 spiro atoms. The van der Waals surface area contributed by atoms with E-state index < -0.39 is 0 Å². The maximum Gasteiger partial charge on any atom is 0.0578 e. The van der Waals surface area contributed by atoms with Crippen molar-refractivity contribution in [3.63, 3.8) is 0 Å². The molecule has 0 aliphatic heterocycles. The second-order valence-corrected chi connectivity index (χ2v) is 14.8. The van der Waals surface area contributed by atoms with Gasteiger partial charge < -0.3 is 4.74 Å². The highest BCUT2D eigenvalue weighted by molar-refractivity contribution is 4.73. The van der Waals surface area contributed by atoms with E-state index in [-0.39, 0.29) is 0 Å². The molecule has 244 valence electrons. The maximum absolute atomic E-state index is 7.06. The van der Waals surface area contributed by atoms with Gasteiger partial charge in [-0.25, -0.2) is 0 Å². The molecule has 0 aromatic rings. The molecule has 2 aliphatic rings. The number of ether oxygens (including phenoxy) is 1. The minimum absolute atomic E-state index is 0.531. The van der Waals surface area contributed by atoms with Crippen LogP contribution < -0.4 is 0 Å². The Morgan fingerprint density at radius 3 is 0.927 bits per heavy atom. The van der Waals surface area contributed by atoms with Crippen LogP contribution in [0.2, 0.25) is 0 Å². The van der Waals surface area contributed by atoms with Crippen LogP contribution in [0.3, 0.4) is 0 Å². The smallest absolute Gasteiger partial charge is 0.0578 e. The Bertz CT molecular complexity index is 475. The van der Waals surface area contributed by atoms with Crippen molar-refractivity contribution >= 4 is 0 Å². The van der Waals surface area contributed by atoms with E-state index in [1.165, 1.54) is 218 Å². The summed E-state index contributed by atoms with van der Waals surface area (Å²) in [6.07, 6.45) is 49.9. The van der Waals surface area contributed by atoms with Crippen molar-refractivity contribution in [2.45, 2.75) is 244 Å². The van der Waals surface area contributed by atoms with Gasteiger partial charge in [0.1, 0.15) is 0 Å². The molecule has 2 fully saturated rings. The SMILES string of the molecule is CCCCCCCCC(CCCCCCCCC1CC1)OC(CCCCCCCC)CCCCCCCCC1CC1. The molecule has 2 rings (SSSR count). The molecule has 0 aromatic heterocycles. The zero-order valence-corrected chi connectivity index (χ0v) is 28.8. The standard InChI is InChI=1S/C40H78O/c1-3-5-7-9-17-23-29-39(31-25-19-13-11-15-21-27-37-33-34-37)41-40(30-24-18-10-8-6-4-2)32-26-20-14-12-16-22-28-38-35-36-38/h37-40H,3-36H2,1-2H3. The molecular weight excluding hydrogens is 496 g/mol. The van der Waals surface area contributed by atoms with E-state index in [0.29, 0.717) is 12.2 Å². The Hall–Kier alpha value is -0.0400. The van der Waals surface area contributed by atoms with Crippen LogP contribution in [-0.2, 0) is 4.74 Å². The van der Waals surface area contributed by atoms with Crippen LogP contribution in [-0.4, -0.2) is 12.2 Å². The summed E-state index contributed by atoms with van der Waals surface area (Å²) < 4.78 is 7.06. The van der Waals surface area contributed by atoms with Gasteiger partial charge >= 0.3 is 0 Å². The highest BCUT2D eigenvalue weighted by Gasteiger charge is 2.21. The van der Waals surface area contributed by atoms with Gasteiger partial charge in [0.25, 0.3) is 0 Å². The number of hydrogen-bond acceptors (Lipinski definition) is 1. The zero-order chi connectivity index (χ0) is 29.1. The van der Waals surface area contributed by atoms with Crippen LogP contribution in [0, 0.1) is 11.8 Å². The molecular formula is C40H78O. The van der Waals surface area contributed by atoms with E-state index in [0.717, 1.165) is 11.8 Å². The van der Waals surface area contributed by atoms with Gasteiger partial charge in [-0.3, -0.25) is 0 Å². The van der Waals surface area contributed by atoms with Crippen molar-refractivity contribution in [3.05, 3.63) is 0 Å². The van der Waals surface area contributed by atoms with Crippen LogP contribution in [0.4, 0.5) is 0 Å². The van der Waals surface area contributed by atoms with Gasteiger partial charge in [-0.15, -0.1) is 0 Å². The van der Waals surface area contributed by atoms with Gasteiger partial charge in [0.15, 0.2) is 0 Å². The summed E-state index contributed by atoms with van der Waals surface area (Å²) in [6, 6.07) is 0. The summed E-state index contributed by atoms with van der Waals surface area (Å²) in [5, 5.41) is 0. The number of rotatable bonds is 34. The van der Waals surface area contributed by atoms with Gasteiger partial charge in [0.05, 0.1) is 12.2 Å². The second kappa shape index (κ2) is 27.5. The third kappa shape index (κ3) is 25.0. The fraction of sp³-hybridized carbons (Fsp3) is 1.00. The van der Waals surface area contributed by atoms with Crippen LogP contribution in [0.1, 0.15) is 232 Å². The van der Waals surface area contributed by atoms with Crippen LogP contribution in [0.25, 0.3) is 0 Å². The van der Waals surface area contributed by atoms with Crippen molar-refractivity contribution < 1.29 is 4.74 Å². The summed E-state index contributed by atoms with van der Waals surface area (Å²) in [5.74, 6) is 2.24. The lowest BCUT2D eigenvalue weighted by atomic mass is 9.99. The summed E-state index contributed by atoms with van der Waals surface area (Å²) in [5.41, 5.74) is 0. The first-order valence-electron chi connectivity index (χ1n) is 20.0. The normalized spacial score (nSPS) is 16.8. The van der Waals surface area contributed by atoms with Crippen LogP contribution >= 0.6 is 0 Å². The molecule has 0 aromatic carbocycles. The summed E-state index contributed by atoms with van der Waals surface area (Å²) in [6.45, 7) is 4.66. The molecule has 0 bridgehead atoms. The minimum atomic E-state index is 0.531. The largest absolute Gasteiger partial charge is 0.375 e. The Balaban J connectivity index is 1.68. The lowest BCUT2D eigenvalue weighted by molar-refractivity contribution is -0.0324. The topological polar surface area (TPSA) is 9.23 Å². The third-order valence-electron chi connectivity index (χ3n) is 10.3. The quantitative estimate of drug-likeness (QED) is 0.0694. The average molecular weight is 575 g/mol. The molecule has 0 N–H and O–H groups in total. The summed E-state index contributed by atoms with van der Waals surface area (Å²) in [7, 11) is 0. The Kier molecular flexibility index (Phi) is 24.9. The highest BCUT2D eigenvalue weighted by atomic mass is 16.5. The first-order chi connectivity index (χ1) is 20.3. The van der Waals surface area contributed by atoms with Gasteiger partial charge in [-0.1, -0.05) is 206 Å². The first-order valence-corrected chi connectivity index (χ1v) is 20.0. The zero-order valence-electron chi connectivity index (χ0n) is 28.8.